The summed E-state index contributed by atoms with van der Waals surface area (Å²) in [5.74, 6) is 0. The molecule has 4 aromatic heterocycles. The lowest BCUT2D eigenvalue weighted by Gasteiger charge is -2.26. The highest BCUT2D eigenvalue weighted by Gasteiger charge is 2.23. The Labute approximate surface area is 803 Å². The fraction of sp³-hybridized carbons (Fsp3) is 0. The van der Waals surface area contributed by atoms with Crippen molar-refractivity contribution in [3.05, 3.63) is 509 Å². The number of anilines is 12. The van der Waals surface area contributed by atoms with Gasteiger partial charge in [-0.15, -0.1) is 11.3 Å². The van der Waals surface area contributed by atoms with Crippen molar-refractivity contribution in [3.63, 3.8) is 0 Å². The first-order valence-electron chi connectivity index (χ1n) is 43.6. The van der Waals surface area contributed by atoms with Crippen LogP contribution in [0.5, 0.6) is 0 Å². The Kier molecular flexibility index (Phi) is 24.2. The Morgan fingerprint density at radius 2 is 0.409 bits per heavy atom. The second-order valence-corrected chi connectivity index (χ2v) is 36.8. The van der Waals surface area contributed by atoms with E-state index in [0.29, 0.717) is 0 Å². The molecule has 0 unspecified atom stereocenters. The summed E-state index contributed by atoms with van der Waals surface area (Å²) in [5, 5.41) is 9.44. The number of hydrogen-bond donors (Lipinski definition) is 0. The highest BCUT2D eigenvalue weighted by Crippen LogP contribution is 2.48. The largest absolute Gasteiger partial charge is 0.456 e. The molecule has 0 saturated heterocycles. The van der Waals surface area contributed by atoms with Crippen molar-refractivity contribution in [2.45, 2.75) is 0 Å². The molecule has 4 heterocycles. The number of nitrogens with zero attached hydrogens (tertiary/aromatic N) is 5. The van der Waals surface area contributed by atoms with Crippen molar-refractivity contribution in [2.75, 3.05) is 19.6 Å². The van der Waals surface area contributed by atoms with Crippen LogP contribution in [-0.4, -0.2) is 4.57 Å². The number of hydrogen-bond acceptors (Lipinski definition) is 7. The third-order valence-corrected chi connectivity index (χ3v) is 26.9. The molecule has 24 aromatic rings. The summed E-state index contributed by atoms with van der Waals surface area (Å²) in [6.07, 6.45) is 0. The standard InChI is InChI=1S/C36H25BrN2.C36H24BrNO.C24H16BrNO.C24H16BrNS/c37-28-18-22-35-33(24-28)34-25-32(21-23-36(34)39(35)30-14-8-3-9-15-30)38(29-12-6-2-7-13-29)31-19-16-27(17-20-31)26-10-4-1-5-11-26;37-29-17-19-35-33(23-29)34-24-32(18-20-36(34)39-35)38(30-15-7-13-27(21-30)25-9-3-1-4-10-25)31-16-8-14-28(22-31)26-11-5-2-6-12-26;2*25-17-11-13-23-21(15-17)22-16-20(12-14-24(22)27-23)26(18-7-3-1-4-8-18)19-9-5-2-6-10-19/h1-25H;1-24H;2*1-16H. The van der Waals surface area contributed by atoms with Crippen LogP contribution < -0.4 is 19.6 Å². The van der Waals surface area contributed by atoms with Crippen LogP contribution in [0.3, 0.4) is 0 Å². The van der Waals surface area contributed by atoms with Gasteiger partial charge in [-0.2, -0.15) is 0 Å². The molecule has 12 heteroatoms. The number of fused-ring (bicyclic) bond motifs is 12. The van der Waals surface area contributed by atoms with Gasteiger partial charge in [0.1, 0.15) is 22.3 Å². The van der Waals surface area contributed by atoms with Crippen molar-refractivity contribution >= 4 is 229 Å². The maximum absolute atomic E-state index is 6.17. The van der Waals surface area contributed by atoms with E-state index in [4.69, 9.17) is 8.83 Å². The van der Waals surface area contributed by atoms with Gasteiger partial charge >= 0.3 is 0 Å². The van der Waals surface area contributed by atoms with Gasteiger partial charge in [0, 0.05) is 144 Å². The zero-order valence-corrected chi connectivity index (χ0v) is 78.4. The molecule has 0 aliphatic heterocycles. The second-order valence-electron chi connectivity index (χ2n) is 32.1. The van der Waals surface area contributed by atoms with E-state index in [-0.39, 0.29) is 0 Å². The van der Waals surface area contributed by atoms with Gasteiger partial charge in [-0.3, -0.25) is 0 Å². The van der Waals surface area contributed by atoms with E-state index in [1.165, 1.54) is 81.0 Å². The molecule has 132 heavy (non-hydrogen) atoms. The molecule has 20 aromatic carbocycles. The lowest BCUT2D eigenvalue weighted by molar-refractivity contribution is 0.668. The fourth-order valence-corrected chi connectivity index (χ4v) is 20.1. The van der Waals surface area contributed by atoms with Gasteiger partial charge in [0.2, 0.25) is 0 Å². The van der Waals surface area contributed by atoms with Crippen LogP contribution in [0.4, 0.5) is 68.2 Å². The van der Waals surface area contributed by atoms with E-state index in [0.717, 1.165) is 130 Å². The smallest absolute Gasteiger partial charge is 0.135 e. The van der Waals surface area contributed by atoms with E-state index >= 15 is 0 Å². The number of aromatic nitrogens is 1. The van der Waals surface area contributed by atoms with E-state index in [9.17, 15) is 0 Å². The Bertz CT molecular complexity index is 7830. The van der Waals surface area contributed by atoms with Crippen molar-refractivity contribution < 1.29 is 8.83 Å². The lowest BCUT2D eigenvalue weighted by atomic mass is 10.0. The zero-order chi connectivity index (χ0) is 88.8. The van der Waals surface area contributed by atoms with Crippen LogP contribution >= 0.6 is 75.1 Å². The van der Waals surface area contributed by atoms with Crippen LogP contribution in [0, 0.1) is 0 Å². The van der Waals surface area contributed by atoms with Crippen LogP contribution in [-0.2, 0) is 0 Å². The highest BCUT2D eigenvalue weighted by molar-refractivity contribution is 9.11. The van der Waals surface area contributed by atoms with Crippen molar-refractivity contribution in [2.24, 2.45) is 0 Å². The molecule has 0 bridgehead atoms. The van der Waals surface area contributed by atoms with Gasteiger partial charge < -0.3 is 33.0 Å². The van der Waals surface area contributed by atoms with E-state index in [2.05, 4.69) is 543 Å². The third-order valence-electron chi connectivity index (χ3n) is 23.7. The molecule has 0 saturated carbocycles. The van der Waals surface area contributed by atoms with Gasteiger partial charge in [0.25, 0.3) is 0 Å². The monoisotopic (exact) mass is 1970 g/mol. The molecule has 0 atom stereocenters. The average Bonchev–Trinajstić information content (AvgIpc) is 1.60. The van der Waals surface area contributed by atoms with Gasteiger partial charge in [-0.25, -0.2) is 0 Å². The number of benzene rings is 20. The SMILES string of the molecule is Brc1ccc2c(c1)c1cc(N(c3ccccc3)c3ccc(-c4ccccc4)cc3)ccc1n2-c1ccccc1.Brc1ccc2oc3ccc(N(c4cccc(-c5ccccc5)c4)c4cccc(-c5ccccc5)c4)cc3c2c1.Brc1ccc2oc3ccc(N(c4ccccc4)c4ccccc4)cc3c2c1.Brc1ccc2sc3ccc(N(c4ccccc4)c4ccccc4)cc3c2c1. The number of thiophene rings is 1. The predicted octanol–water partition coefficient (Wildman–Crippen LogP) is 37.9. The zero-order valence-electron chi connectivity index (χ0n) is 71.2. The normalized spacial score (nSPS) is 11.2. The van der Waals surface area contributed by atoms with Crippen LogP contribution in [0.1, 0.15) is 0 Å². The van der Waals surface area contributed by atoms with Gasteiger partial charge in [0.15, 0.2) is 0 Å². The maximum Gasteiger partial charge on any atom is 0.135 e. The first-order chi connectivity index (χ1) is 65.1. The predicted molar refractivity (Wildman–Crippen MR) is 573 cm³/mol. The summed E-state index contributed by atoms with van der Waals surface area (Å²) in [7, 11) is 0. The molecule has 7 nitrogen and oxygen atoms in total. The molecular weight excluding hydrogens is 1900 g/mol. The quantitative estimate of drug-likeness (QED) is 0.0961. The minimum atomic E-state index is 0.878. The third kappa shape index (κ3) is 17.7. The van der Waals surface area contributed by atoms with E-state index in [1.807, 2.05) is 47.7 Å². The van der Waals surface area contributed by atoms with Gasteiger partial charge in [-0.05, 0) is 288 Å². The fourth-order valence-electron chi connectivity index (χ4n) is 17.6. The van der Waals surface area contributed by atoms with Crippen LogP contribution in [0.2, 0.25) is 0 Å². The van der Waals surface area contributed by atoms with Gasteiger partial charge in [0.05, 0.1) is 11.0 Å². The number of furan rings is 2. The van der Waals surface area contributed by atoms with Crippen LogP contribution in [0.25, 0.3) is 125 Å². The lowest BCUT2D eigenvalue weighted by Crippen LogP contribution is -2.10. The maximum atomic E-state index is 6.17. The molecule has 0 spiro atoms. The molecule has 0 fully saturated rings. The summed E-state index contributed by atoms with van der Waals surface area (Å²) in [6, 6.07) is 173. The molecule has 0 amide bonds. The Balaban J connectivity index is 0.000000108. The molecule has 0 N–H and O–H groups in total. The minimum Gasteiger partial charge on any atom is -0.456 e. The summed E-state index contributed by atoms with van der Waals surface area (Å²) in [6.45, 7) is 0. The second kappa shape index (κ2) is 38.1. The van der Waals surface area contributed by atoms with E-state index in [1.54, 1.807) is 0 Å². The molecule has 0 aliphatic carbocycles. The van der Waals surface area contributed by atoms with Gasteiger partial charge in [-0.1, -0.05) is 300 Å². The highest BCUT2D eigenvalue weighted by atomic mass is 79.9. The summed E-state index contributed by atoms with van der Waals surface area (Å²) in [5.41, 5.74) is 27.7. The van der Waals surface area contributed by atoms with Crippen molar-refractivity contribution in [1.82, 2.24) is 4.57 Å². The number of para-hydroxylation sites is 6. The van der Waals surface area contributed by atoms with Crippen molar-refractivity contribution in [3.8, 4) is 39.1 Å². The molecule has 0 radical (unpaired) electrons. The Morgan fingerprint density at radius 3 is 0.826 bits per heavy atom. The molecular formula is C120H81Br4N5O2S. The van der Waals surface area contributed by atoms with Crippen LogP contribution in [0.15, 0.2) is 518 Å². The first kappa shape index (κ1) is 84.0. The summed E-state index contributed by atoms with van der Waals surface area (Å²) >= 11 is 16.4. The minimum absolute atomic E-state index is 0.878. The number of halogens is 4. The molecule has 24 rings (SSSR count). The Hall–Kier alpha value is -14.9. The average molecular weight is 1980 g/mol. The topological polar surface area (TPSA) is 44.2 Å². The first-order valence-corrected chi connectivity index (χ1v) is 47.6. The summed E-state index contributed by atoms with van der Waals surface area (Å²) in [4.78, 5) is 9.23. The Morgan fingerprint density at radius 1 is 0.174 bits per heavy atom. The van der Waals surface area contributed by atoms with Crippen molar-refractivity contribution in [1.29, 1.82) is 0 Å². The summed E-state index contributed by atoms with van der Waals surface area (Å²) < 4.78 is 21.4. The molecule has 632 valence electrons. The number of rotatable bonds is 16. The molecule has 0 aliphatic rings. The van der Waals surface area contributed by atoms with E-state index < -0.39 is 0 Å².